The third-order valence-corrected chi connectivity index (χ3v) is 5.12. The number of carbonyl (C=O) groups excluding carboxylic acids is 2. The van der Waals surface area contributed by atoms with E-state index in [0.717, 1.165) is 22.6 Å². The molecule has 1 aliphatic rings. The maximum Gasteiger partial charge on any atom is 0.227 e. The fourth-order valence-electron chi connectivity index (χ4n) is 3.67. The van der Waals surface area contributed by atoms with Gasteiger partial charge >= 0.3 is 0 Å². The zero-order valence-corrected chi connectivity index (χ0v) is 16.3. The van der Waals surface area contributed by atoms with Gasteiger partial charge in [0.1, 0.15) is 5.75 Å². The lowest BCUT2D eigenvalue weighted by atomic mass is 9.83. The first kappa shape index (κ1) is 19.0. The number of anilines is 1. The molecule has 0 unspecified atom stereocenters. The van der Waals surface area contributed by atoms with E-state index in [9.17, 15) is 9.59 Å². The number of aryl methyl sites for hydroxylation is 1. The number of hydrogen-bond acceptors (Lipinski definition) is 3. The quantitative estimate of drug-likeness (QED) is 0.831. The Morgan fingerprint density at radius 2 is 1.70 bits per heavy atom. The Morgan fingerprint density at radius 1 is 1.07 bits per heavy atom. The second kappa shape index (κ2) is 7.82. The zero-order chi connectivity index (χ0) is 19.6. The molecule has 0 bridgehead atoms. The first-order valence-corrected chi connectivity index (χ1v) is 9.16. The van der Waals surface area contributed by atoms with E-state index in [2.05, 4.69) is 0 Å². The number of methoxy groups -OCH3 is 1. The van der Waals surface area contributed by atoms with Gasteiger partial charge in [-0.15, -0.1) is 0 Å². The minimum atomic E-state index is -0.338. The van der Waals surface area contributed by atoms with E-state index in [1.165, 1.54) is 0 Å². The highest BCUT2D eigenvalue weighted by molar-refractivity contribution is 5.97. The molecule has 142 valence electrons. The first-order valence-electron chi connectivity index (χ1n) is 9.16. The SMILES string of the molecule is COc1ccc([C@H]2[C@H](C(=O)N(C)C)CCC(=O)N2c2ccc(C)cc2)cc1. The third-order valence-electron chi connectivity index (χ3n) is 5.12. The number of ether oxygens (including phenoxy) is 1. The molecule has 0 N–H and O–H groups in total. The van der Waals surface area contributed by atoms with Gasteiger partial charge in [0.25, 0.3) is 0 Å². The first-order chi connectivity index (χ1) is 12.9. The van der Waals surface area contributed by atoms with Crippen LogP contribution >= 0.6 is 0 Å². The van der Waals surface area contributed by atoms with Crippen LogP contribution in [0.2, 0.25) is 0 Å². The second-order valence-corrected chi connectivity index (χ2v) is 7.20. The molecular formula is C22H26N2O3. The van der Waals surface area contributed by atoms with Crippen molar-refractivity contribution >= 4 is 17.5 Å². The summed E-state index contributed by atoms with van der Waals surface area (Å²) in [5.41, 5.74) is 2.89. The maximum absolute atomic E-state index is 12.9. The van der Waals surface area contributed by atoms with Crippen LogP contribution in [-0.4, -0.2) is 37.9 Å². The monoisotopic (exact) mass is 366 g/mol. The van der Waals surface area contributed by atoms with Crippen molar-refractivity contribution in [2.75, 3.05) is 26.1 Å². The molecule has 3 rings (SSSR count). The molecule has 0 aromatic heterocycles. The molecule has 1 saturated heterocycles. The summed E-state index contributed by atoms with van der Waals surface area (Å²) in [6.07, 6.45) is 0.916. The van der Waals surface area contributed by atoms with Crippen LogP contribution in [0.25, 0.3) is 0 Å². The largest absolute Gasteiger partial charge is 0.497 e. The van der Waals surface area contributed by atoms with Crippen molar-refractivity contribution in [1.29, 1.82) is 0 Å². The summed E-state index contributed by atoms with van der Waals surface area (Å²) in [6, 6.07) is 15.2. The van der Waals surface area contributed by atoms with Crippen molar-refractivity contribution in [3.05, 3.63) is 59.7 Å². The van der Waals surface area contributed by atoms with E-state index >= 15 is 0 Å². The molecule has 1 heterocycles. The molecule has 5 nitrogen and oxygen atoms in total. The predicted octanol–water partition coefficient (Wildman–Crippen LogP) is 3.58. The van der Waals surface area contributed by atoms with Crippen molar-refractivity contribution in [2.24, 2.45) is 5.92 Å². The average molecular weight is 366 g/mol. The molecular weight excluding hydrogens is 340 g/mol. The van der Waals surface area contributed by atoms with E-state index < -0.39 is 0 Å². The Bertz CT molecular complexity index is 812. The highest BCUT2D eigenvalue weighted by Gasteiger charge is 2.41. The van der Waals surface area contributed by atoms with Gasteiger partial charge in [-0.2, -0.15) is 0 Å². The summed E-state index contributed by atoms with van der Waals surface area (Å²) in [7, 11) is 5.15. The van der Waals surface area contributed by atoms with Crippen LogP contribution < -0.4 is 9.64 Å². The number of carbonyl (C=O) groups is 2. The van der Waals surface area contributed by atoms with Crippen LogP contribution in [0, 0.1) is 12.8 Å². The van der Waals surface area contributed by atoms with E-state index in [1.54, 1.807) is 31.0 Å². The molecule has 0 aliphatic carbocycles. The van der Waals surface area contributed by atoms with Crippen LogP contribution in [-0.2, 0) is 9.59 Å². The Kier molecular flexibility index (Phi) is 5.49. The summed E-state index contributed by atoms with van der Waals surface area (Å²) in [5, 5.41) is 0. The van der Waals surface area contributed by atoms with Crippen LogP contribution in [0.5, 0.6) is 5.75 Å². The van der Waals surface area contributed by atoms with Crippen LogP contribution in [0.3, 0.4) is 0 Å². The Balaban J connectivity index is 2.09. The topological polar surface area (TPSA) is 49.9 Å². The number of benzene rings is 2. The Labute approximate surface area is 160 Å². The molecule has 0 saturated carbocycles. The summed E-state index contributed by atoms with van der Waals surface area (Å²) in [4.78, 5) is 29.2. The lowest BCUT2D eigenvalue weighted by Crippen LogP contribution is -2.48. The highest BCUT2D eigenvalue weighted by Crippen LogP contribution is 2.41. The van der Waals surface area contributed by atoms with Gasteiger partial charge in [-0.25, -0.2) is 0 Å². The van der Waals surface area contributed by atoms with Gasteiger partial charge in [-0.1, -0.05) is 29.8 Å². The van der Waals surface area contributed by atoms with Gasteiger partial charge in [0.05, 0.1) is 19.1 Å². The molecule has 2 atom stereocenters. The van der Waals surface area contributed by atoms with Crippen molar-refractivity contribution in [3.63, 3.8) is 0 Å². The zero-order valence-electron chi connectivity index (χ0n) is 16.3. The summed E-state index contributed by atoms with van der Waals surface area (Å²) >= 11 is 0. The minimum Gasteiger partial charge on any atom is -0.497 e. The van der Waals surface area contributed by atoms with Crippen molar-refractivity contribution < 1.29 is 14.3 Å². The number of amides is 2. The van der Waals surface area contributed by atoms with Gasteiger partial charge in [0, 0.05) is 26.2 Å². The lowest BCUT2D eigenvalue weighted by Gasteiger charge is -2.41. The number of piperidine rings is 1. The second-order valence-electron chi connectivity index (χ2n) is 7.20. The molecule has 5 heteroatoms. The lowest BCUT2D eigenvalue weighted by molar-refractivity contribution is -0.136. The van der Waals surface area contributed by atoms with Crippen LogP contribution in [0.4, 0.5) is 5.69 Å². The molecule has 0 spiro atoms. The van der Waals surface area contributed by atoms with Crippen LogP contribution in [0.1, 0.15) is 30.0 Å². The summed E-state index contributed by atoms with van der Waals surface area (Å²) in [5.74, 6) is 0.550. The molecule has 1 aliphatic heterocycles. The fourth-order valence-corrected chi connectivity index (χ4v) is 3.67. The molecule has 2 amide bonds. The van der Waals surface area contributed by atoms with Gasteiger partial charge in [0.2, 0.25) is 11.8 Å². The molecule has 2 aromatic rings. The number of rotatable bonds is 4. The Hall–Kier alpha value is -2.82. The van der Waals surface area contributed by atoms with E-state index in [1.807, 2.05) is 55.5 Å². The third kappa shape index (κ3) is 3.82. The van der Waals surface area contributed by atoms with Crippen molar-refractivity contribution in [1.82, 2.24) is 4.90 Å². The Morgan fingerprint density at radius 3 is 2.26 bits per heavy atom. The summed E-state index contributed by atoms with van der Waals surface area (Å²) < 4.78 is 5.26. The maximum atomic E-state index is 12.9. The minimum absolute atomic E-state index is 0.0421. The summed E-state index contributed by atoms with van der Waals surface area (Å²) in [6.45, 7) is 2.02. The molecule has 2 aromatic carbocycles. The normalized spacial score (nSPS) is 19.7. The van der Waals surface area contributed by atoms with Crippen LogP contribution in [0.15, 0.2) is 48.5 Å². The standard InChI is InChI=1S/C22H26N2O3/c1-15-5-9-17(10-6-15)24-20(25)14-13-19(22(26)23(2)3)21(24)16-7-11-18(27-4)12-8-16/h5-12,19,21H,13-14H2,1-4H3/t19-,21+/m1/s1. The van der Waals surface area contributed by atoms with Gasteiger partial charge in [-0.3, -0.25) is 9.59 Å². The predicted molar refractivity (Wildman–Crippen MR) is 106 cm³/mol. The molecule has 1 fully saturated rings. The smallest absolute Gasteiger partial charge is 0.227 e. The average Bonchev–Trinajstić information content (AvgIpc) is 2.68. The fraction of sp³-hybridized carbons (Fsp3) is 0.364. The molecule has 0 radical (unpaired) electrons. The van der Waals surface area contributed by atoms with E-state index in [0.29, 0.717) is 12.8 Å². The van der Waals surface area contributed by atoms with Gasteiger partial charge in [-0.05, 0) is 43.2 Å². The highest BCUT2D eigenvalue weighted by atomic mass is 16.5. The van der Waals surface area contributed by atoms with Gasteiger partial charge < -0.3 is 14.5 Å². The van der Waals surface area contributed by atoms with Gasteiger partial charge in [0.15, 0.2) is 0 Å². The number of nitrogens with zero attached hydrogens (tertiary/aromatic N) is 2. The van der Waals surface area contributed by atoms with E-state index in [-0.39, 0.29) is 23.8 Å². The number of hydrogen-bond donors (Lipinski definition) is 0. The van der Waals surface area contributed by atoms with E-state index in [4.69, 9.17) is 4.74 Å². The van der Waals surface area contributed by atoms with Crippen molar-refractivity contribution in [3.8, 4) is 5.75 Å². The molecule has 27 heavy (non-hydrogen) atoms. The van der Waals surface area contributed by atoms with Crippen molar-refractivity contribution in [2.45, 2.75) is 25.8 Å².